The Labute approximate surface area is 216 Å². The maximum atomic E-state index is 15.3. The number of halogens is 3. The maximum absolute atomic E-state index is 15.3. The molecule has 0 bridgehead atoms. The summed E-state index contributed by atoms with van der Waals surface area (Å²) in [4.78, 5) is 24.3. The van der Waals surface area contributed by atoms with Crippen LogP contribution in [0.3, 0.4) is 0 Å². The molecule has 1 saturated heterocycles. The standard InChI is InChI=1S/C25H25F3NO8P/c1-15-3-7-18(8-4-15)36-38(33,37-19-9-5-16(2)6-10-19)34-14-25(24(27)28)22(26)21(32)23(35-25)29-12-11-17(30)13-20(29)31/h3-12,21-24,32H,13-14H2,1-2H3/t21-,22-,23-,25-/m1/s1. The number of aliphatic hydroxyl groups is 1. The molecule has 0 spiro atoms. The van der Waals surface area contributed by atoms with E-state index in [1.165, 1.54) is 24.3 Å². The molecular formula is C25H25F3NO8P. The molecule has 4 rings (SSSR count). The first kappa shape index (κ1) is 27.8. The summed E-state index contributed by atoms with van der Waals surface area (Å²) in [7, 11) is -4.75. The van der Waals surface area contributed by atoms with Gasteiger partial charge >= 0.3 is 7.82 Å². The number of allylic oxidation sites excluding steroid dienone is 1. The van der Waals surface area contributed by atoms with E-state index in [1.807, 2.05) is 0 Å². The van der Waals surface area contributed by atoms with E-state index < -0.39 is 63.1 Å². The molecule has 204 valence electrons. The van der Waals surface area contributed by atoms with Crippen molar-refractivity contribution in [1.82, 2.24) is 4.90 Å². The van der Waals surface area contributed by atoms with E-state index in [0.717, 1.165) is 23.4 Å². The number of rotatable bonds is 9. The maximum Gasteiger partial charge on any atom is 0.587 e. The van der Waals surface area contributed by atoms with Gasteiger partial charge in [0.25, 0.3) is 6.43 Å². The second kappa shape index (κ2) is 10.9. The fourth-order valence-electron chi connectivity index (χ4n) is 3.84. The molecule has 1 amide bonds. The van der Waals surface area contributed by atoms with Gasteiger partial charge in [-0.2, -0.15) is 0 Å². The molecule has 2 aliphatic heterocycles. The molecule has 0 saturated carbocycles. The summed E-state index contributed by atoms with van der Waals surface area (Å²) in [5.41, 5.74) is -1.44. The summed E-state index contributed by atoms with van der Waals surface area (Å²) in [6.07, 6.45) is -9.22. The Balaban J connectivity index is 1.61. The third-order valence-corrected chi connectivity index (χ3v) is 7.32. The zero-order chi connectivity index (χ0) is 27.7. The highest BCUT2D eigenvalue weighted by Crippen LogP contribution is 2.52. The van der Waals surface area contributed by atoms with E-state index in [9.17, 15) is 28.0 Å². The lowest BCUT2D eigenvalue weighted by Crippen LogP contribution is -2.50. The molecule has 0 unspecified atom stereocenters. The van der Waals surface area contributed by atoms with Crippen molar-refractivity contribution in [2.45, 2.75) is 50.8 Å². The van der Waals surface area contributed by atoms with Crippen molar-refractivity contribution < 1.29 is 50.7 Å². The van der Waals surface area contributed by atoms with Crippen molar-refractivity contribution in [3.8, 4) is 11.5 Å². The lowest BCUT2D eigenvalue weighted by Gasteiger charge is -2.32. The van der Waals surface area contributed by atoms with Gasteiger partial charge in [-0.3, -0.25) is 19.0 Å². The molecule has 13 heteroatoms. The minimum atomic E-state index is -4.75. The molecule has 9 nitrogen and oxygen atoms in total. The number of nitrogens with zero attached hydrogens (tertiary/aromatic N) is 1. The van der Waals surface area contributed by atoms with Crippen molar-refractivity contribution in [3.05, 3.63) is 71.9 Å². The Morgan fingerprint density at radius 2 is 1.58 bits per heavy atom. The normalized spacial score (nSPS) is 25.8. The molecule has 4 atom stereocenters. The minimum absolute atomic E-state index is 0.0212. The molecule has 2 heterocycles. The molecule has 0 aliphatic carbocycles. The van der Waals surface area contributed by atoms with Crippen LogP contribution in [-0.4, -0.2) is 58.8 Å². The molecule has 0 aromatic heterocycles. The van der Waals surface area contributed by atoms with Crippen molar-refractivity contribution in [1.29, 1.82) is 0 Å². The number of hydrogen-bond donors (Lipinski definition) is 1. The predicted molar refractivity (Wildman–Crippen MR) is 127 cm³/mol. The number of aryl methyl sites for hydroxylation is 2. The number of alkyl halides is 3. The Hall–Kier alpha value is -3.18. The van der Waals surface area contributed by atoms with Gasteiger partial charge in [-0.25, -0.2) is 17.7 Å². The highest BCUT2D eigenvalue weighted by Gasteiger charge is 2.64. The average molecular weight is 555 g/mol. The summed E-state index contributed by atoms with van der Waals surface area (Å²) < 4.78 is 78.9. The van der Waals surface area contributed by atoms with Gasteiger partial charge in [0, 0.05) is 6.20 Å². The second-order valence-electron chi connectivity index (χ2n) is 8.95. The quantitative estimate of drug-likeness (QED) is 0.361. The van der Waals surface area contributed by atoms with Crippen LogP contribution in [0.4, 0.5) is 13.2 Å². The van der Waals surface area contributed by atoms with E-state index in [4.69, 9.17) is 18.3 Å². The van der Waals surface area contributed by atoms with Crippen LogP contribution in [0.1, 0.15) is 17.5 Å². The van der Waals surface area contributed by atoms with E-state index in [0.29, 0.717) is 4.90 Å². The number of phosphoric acid groups is 1. The summed E-state index contributed by atoms with van der Waals surface area (Å²) in [6, 6.07) is 12.4. The largest absolute Gasteiger partial charge is 0.587 e. The second-order valence-corrected chi connectivity index (χ2v) is 10.5. The van der Waals surface area contributed by atoms with Gasteiger partial charge in [-0.1, -0.05) is 35.4 Å². The van der Waals surface area contributed by atoms with E-state index in [-0.39, 0.29) is 11.5 Å². The minimum Gasteiger partial charge on any atom is -0.395 e. The molecule has 2 aromatic rings. The van der Waals surface area contributed by atoms with Gasteiger partial charge in [-0.05, 0) is 44.2 Å². The number of phosphoric ester groups is 1. The number of carbonyl (C=O) groups excluding carboxylic acids is 2. The molecule has 1 N–H and O–H groups in total. The number of benzene rings is 2. The number of ether oxygens (including phenoxy) is 1. The topological polar surface area (TPSA) is 112 Å². The monoisotopic (exact) mass is 555 g/mol. The molecule has 0 radical (unpaired) electrons. The lowest BCUT2D eigenvalue weighted by atomic mass is 9.98. The molecule has 2 aliphatic rings. The van der Waals surface area contributed by atoms with Crippen LogP contribution < -0.4 is 9.05 Å². The highest BCUT2D eigenvalue weighted by molar-refractivity contribution is 7.49. The average Bonchev–Trinajstić information content (AvgIpc) is 3.12. The van der Waals surface area contributed by atoms with Crippen LogP contribution in [0.15, 0.2) is 60.8 Å². The van der Waals surface area contributed by atoms with Gasteiger partial charge in [0.05, 0.1) is 13.0 Å². The summed E-state index contributed by atoms with van der Waals surface area (Å²) in [5.74, 6) is -1.39. The predicted octanol–water partition coefficient (Wildman–Crippen LogP) is 4.26. The molecule has 38 heavy (non-hydrogen) atoms. The highest BCUT2D eigenvalue weighted by atomic mass is 31.2. The lowest BCUT2D eigenvalue weighted by molar-refractivity contribution is -0.193. The number of ketones is 1. The van der Waals surface area contributed by atoms with Gasteiger partial charge in [0.1, 0.15) is 17.6 Å². The SMILES string of the molecule is Cc1ccc(OP(=O)(OC[C@@]2(C(F)F)O[C@@H](N3C=CC(=O)CC3=O)[C@H](O)[C@H]2F)Oc2ccc(C)cc2)cc1. The summed E-state index contributed by atoms with van der Waals surface area (Å²) in [5, 5.41) is 10.4. The number of amides is 1. The molecular weight excluding hydrogens is 530 g/mol. The van der Waals surface area contributed by atoms with Gasteiger partial charge in [0.15, 0.2) is 23.8 Å². The van der Waals surface area contributed by atoms with Crippen LogP contribution in [0.5, 0.6) is 11.5 Å². The zero-order valence-electron chi connectivity index (χ0n) is 20.3. The van der Waals surface area contributed by atoms with Crippen LogP contribution in [-0.2, 0) is 23.4 Å². The Morgan fingerprint density at radius 3 is 2.05 bits per heavy atom. The zero-order valence-corrected chi connectivity index (χ0v) is 21.2. The van der Waals surface area contributed by atoms with Crippen LogP contribution in [0.2, 0.25) is 0 Å². The first-order valence-electron chi connectivity index (χ1n) is 11.5. The van der Waals surface area contributed by atoms with E-state index in [2.05, 4.69) is 0 Å². The van der Waals surface area contributed by atoms with E-state index in [1.54, 1.807) is 38.1 Å². The number of carbonyl (C=O) groups is 2. The Morgan fingerprint density at radius 1 is 1.05 bits per heavy atom. The van der Waals surface area contributed by atoms with Crippen molar-refractivity contribution in [3.63, 3.8) is 0 Å². The van der Waals surface area contributed by atoms with Crippen molar-refractivity contribution in [2.24, 2.45) is 0 Å². The smallest absolute Gasteiger partial charge is 0.395 e. The summed E-state index contributed by atoms with van der Waals surface area (Å²) >= 11 is 0. The molecule has 2 aromatic carbocycles. The van der Waals surface area contributed by atoms with Crippen LogP contribution in [0.25, 0.3) is 0 Å². The first-order chi connectivity index (χ1) is 17.9. The Bertz CT molecular complexity index is 1200. The van der Waals surface area contributed by atoms with Gasteiger partial charge < -0.3 is 18.9 Å². The van der Waals surface area contributed by atoms with Crippen LogP contribution >= 0.6 is 7.82 Å². The van der Waals surface area contributed by atoms with Crippen molar-refractivity contribution >= 4 is 19.5 Å². The molecule has 1 fully saturated rings. The van der Waals surface area contributed by atoms with Gasteiger partial charge in [-0.15, -0.1) is 0 Å². The van der Waals surface area contributed by atoms with Crippen molar-refractivity contribution in [2.75, 3.05) is 6.61 Å². The third-order valence-electron chi connectivity index (χ3n) is 6.00. The number of hydrogen-bond acceptors (Lipinski definition) is 8. The summed E-state index contributed by atoms with van der Waals surface area (Å²) in [6.45, 7) is 2.22. The Kier molecular flexibility index (Phi) is 7.98. The number of aliphatic hydroxyl groups excluding tert-OH is 1. The fourth-order valence-corrected chi connectivity index (χ4v) is 5.11. The third kappa shape index (κ3) is 5.78. The van der Waals surface area contributed by atoms with Gasteiger partial charge in [0.2, 0.25) is 5.91 Å². The first-order valence-corrected chi connectivity index (χ1v) is 13.0. The van der Waals surface area contributed by atoms with E-state index >= 15 is 4.39 Å². The van der Waals surface area contributed by atoms with Crippen LogP contribution in [0, 0.1) is 13.8 Å². The fraction of sp³-hybridized carbons (Fsp3) is 0.360.